The average Bonchev–Trinajstić information content (AvgIpc) is 2.52. The van der Waals surface area contributed by atoms with Crippen LogP contribution >= 0.6 is 0 Å². The van der Waals surface area contributed by atoms with E-state index >= 15 is 0 Å². The topological polar surface area (TPSA) is 37.9 Å². The van der Waals surface area contributed by atoms with Crippen molar-refractivity contribution in [3.8, 4) is 0 Å². The van der Waals surface area contributed by atoms with Gasteiger partial charge >= 0.3 is 0 Å². The van der Waals surface area contributed by atoms with E-state index in [9.17, 15) is 0 Å². The number of hydrogen-bond donors (Lipinski definition) is 0. The van der Waals surface area contributed by atoms with Crippen LogP contribution in [0.3, 0.4) is 0 Å². The predicted molar refractivity (Wildman–Crippen MR) is 41.1 cm³/mol. The lowest BCUT2D eigenvalue weighted by Gasteiger charge is -1.79. The molecule has 11 heavy (non-hydrogen) atoms. The quantitative estimate of drug-likeness (QED) is 0.518. The Labute approximate surface area is 62.1 Å². The molecule has 0 aliphatic carbocycles. The smallest absolute Gasteiger partial charge is 0.228 e. The first-order valence-corrected chi connectivity index (χ1v) is 3.37. The highest BCUT2D eigenvalue weighted by atomic mass is 16.3. The highest BCUT2D eigenvalue weighted by Gasteiger charge is 2.13. The van der Waals surface area contributed by atoms with Gasteiger partial charge in [0.1, 0.15) is 5.69 Å². The fourth-order valence-corrected chi connectivity index (χ4v) is 1.29. The van der Waals surface area contributed by atoms with Crippen molar-refractivity contribution >= 4 is 24.1 Å². The standard InChI is InChI=1S/C8H4N2O/c1-3-10-8-5(1)7-6(11-8)2-4-9-7/h1-4H. The first-order chi connectivity index (χ1) is 5.45. The summed E-state index contributed by atoms with van der Waals surface area (Å²) in [7, 11) is 0. The zero-order valence-electron chi connectivity index (χ0n) is 5.61. The van der Waals surface area contributed by atoms with Crippen molar-refractivity contribution in [2.75, 3.05) is 0 Å². The largest absolute Gasteiger partial charge is 0.436 e. The van der Waals surface area contributed by atoms with Crippen molar-refractivity contribution in [3.63, 3.8) is 0 Å². The number of hydrogen-bond acceptors (Lipinski definition) is 3. The zero-order chi connectivity index (χ0) is 7.26. The van der Waals surface area contributed by atoms with E-state index in [1.807, 2.05) is 12.2 Å². The van der Waals surface area contributed by atoms with Gasteiger partial charge in [-0.05, 0) is 6.08 Å². The number of rotatable bonds is 0. The second-order valence-electron chi connectivity index (χ2n) is 2.42. The molecule has 0 saturated carbocycles. The Morgan fingerprint density at radius 3 is 3.36 bits per heavy atom. The van der Waals surface area contributed by atoms with Gasteiger partial charge in [-0.2, -0.15) is 0 Å². The molecule has 52 valence electrons. The molecule has 0 radical (unpaired) electrons. The zero-order valence-corrected chi connectivity index (χ0v) is 5.61. The van der Waals surface area contributed by atoms with Gasteiger partial charge in [-0.3, -0.25) is 4.99 Å². The lowest BCUT2D eigenvalue weighted by Crippen LogP contribution is -1.98. The Balaban J connectivity index is 2.60. The molecule has 0 fully saturated rings. The molecule has 0 atom stereocenters. The highest BCUT2D eigenvalue weighted by molar-refractivity contribution is 5.97. The molecule has 3 rings (SSSR count). The van der Waals surface area contributed by atoms with E-state index in [1.165, 1.54) is 0 Å². The molecular formula is C8H4N2O. The summed E-state index contributed by atoms with van der Waals surface area (Å²) in [4.78, 5) is 8.17. The Hall–Kier alpha value is -1.64. The second kappa shape index (κ2) is 1.50. The SMILES string of the molecule is C1=Cc2c3c(oc2=N1)=CC=N3. The Morgan fingerprint density at radius 2 is 2.36 bits per heavy atom. The molecule has 1 aromatic rings. The van der Waals surface area contributed by atoms with Crippen LogP contribution in [-0.2, 0) is 0 Å². The van der Waals surface area contributed by atoms with Crippen LogP contribution in [0.15, 0.2) is 20.6 Å². The van der Waals surface area contributed by atoms with Gasteiger partial charge in [-0.1, -0.05) is 0 Å². The summed E-state index contributed by atoms with van der Waals surface area (Å²) < 4.78 is 5.36. The summed E-state index contributed by atoms with van der Waals surface area (Å²) in [5.74, 6) is 0. The van der Waals surface area contributed by atoms with E-state index in [0.717, 1.165) is 16.7 Å². The lowest BCUT2D eigenvalue weighted by molar-refractivity contribution is 0.487. The van der Waals surface area contributed by atoms with Crippen molar-refractivity contribution in [3.05, 3.63) is 22.7 Å². The van der Waals surface area contributed by atoms with Crippen LogP contribution in [0.25, 0.3) is 12.2 Å². The molecule has 0 N–H and O–H groups in total. The summed E-state index contributed by atoms with van der Waals surface area (Å²) >= 11 is 0. The summed E-state index contributed by atoms with van der Waals surface area (Å²) in [6, 6.07) is 0. The first kappa shape index (κ1) is 5.07. The minimum Gasteiger partial charge on any atom is -0.436 e. The Bertz CT molecular complexity index is 446. The van der Waals surface area contributed by atoms with Crippen LogP contribution in [0.5, 0.6) is 0 Å². The van der Waals surface area contributed by atoms with E-state index in [0.29, 0.717) is 5.55 Å². The van der Waals surface area contributed by atoms with Crippen LogP contribution in [0.4, 0.5) is 5.69 Å². The molecule has 1 aromatic heterocycles. The number of nitrogens with zero attached hydrogens (tertiary/aromatic N) is 2. The molecule has 0 aromatic carbocycles. The minimum absolute atomic E-state index is 0.683. The number of fused-ring (bicyclic) bond motifs is 3. The van der Waals surface area contributed by atoms with Gasteiger partial charge in [-0.15, -0.1) is 0 Å². The third kappa shape index (κ3) is 0.487. The monoisotopic (exact) mass is 144 g/mol. The first-order valence-electron chi connectivity index (χ1n) is 3.37. The van der Waals surface area contributed by atoms with E-state index in [1.54, 1.807) is 12.4 Å². The molecular weight excluding hydrogens is 140 g/mol. The van der Waals surface area contributed by atoms with Crippen molar-refractivity contribution < 1.29 is 4.42 Å². The van der Waals surface area contributed by atoms with Crippen molar-refractivity contribution in [2.24, 2.45) is 9.98 Å². The summed E-state index contributed by atoms with van der Waals surface area (Å²) in [6.07, 6.45) is 7.22. The van der Waals surface area contributed by atoms with Gasteiger partial charge in [0.25, 0.3) is 0 Å². The van der Waals surface area contributed by atoms with E-state index in [-0.39, 0.29) is 0 Å². The van der Waals surface area contributed by atoms with Crippen molar-refractivity contribution in [1.29, 1.82) is 0 Å². The molecule has 3 heterocycles. The summed E-state index contributed by atoms with van der Waals surface area (Å²) in [5, 5.41) is 0. The van der Waals surface area contributed by atoms with Gasteiger partial charge in [0, 0.05) is 18.5 Å². The Morgan fingerprint density at radius 1 is 1.36 bits per heavy atom. The fourth-order valence-electron chi connectivity index (χ4n) is 1.29. The molecule has 0 amide bonds. The highest BCUT2D eigenvalue weighted by Crippen LogP contribution is 2.17. The minimum atomic E-state index is 0.683. The van der Waals surface area contributed by atoms with E-state index < -0.39 is 0 Å². The van der Waals surface area contributed by atoms with Gasteiger partial charge in [0.05, 0.1) is 5.56 Å². The number of aliphatic imine (C=N–C) groups is 1. The maximum Gasteiger partial charge on any atom is 0.228 e. The van der Waals surface area contributed by atoms with Crippen LogP contribution in [0.2, 0.25) is 0 Å². The normalized spacial score (nSPS) is 16.0. The Kier molecular flexibility index (Phi) is 0.692. The fraction of sp³-hybridized carbons (Fsp3) is 0. The molecule has 0 bridgehead atoms. The predicted octanol–water partition coefficient (Wildman–Crippen LogP) is 0.380. The molecule has 0 spiro atoms. The second-order valence-corrected chi connectivity index (χ2v) is 2.42. The molecule has 0 unspecified atom stereocenters. The van der Waals surface area contributed by atoms with Crippen molar-refractivity contribution in [2.45, 2.75) is 0 Å². The maximum atomic E-state index is 5.36. The molecule has 2 aliphatic rings. The van der Waals surface area contributed by atoms with Gasteiger partial charge in [0.2, 0.25) is 5.55 Å². The van der Waals surface area contributed by atoms with Crippen LogP contribution < -0.4 is 11.0 Å². The van der Waals surface area contributed by atoms with Crippen LogP contribution in [0.1, 0.15) is 5.56 Å². The molecule has 0 saturated heterocycles. The van der Waals surface area contributed by atoms with Crippen LogP contribution in [0, 0.1) is 0 Å². The van der Waals surface area contributed by atoms with Crippen LogP contribution in [-0.4, -0.2) is 6.21 Å². The maximum absolute atomic E-state index is 5.36. The third-order valence-corrected chi connectivity index (χ3v) is 1.79. The van der Waals surface area contributed by atoms with Crippen molar-refractivity contribution in [1.82, 2.24) is 0 Å². The average molecular weight is 144 g/mol. The summed E-state index contributed by atoms with van der Waals surface area (Å²) in [6.45, 7) is 0. The molecule has 3 nitrogen and oxygen atoms in total. The summed E-state index contributed by atoms with van der Waals surface area (Å²) in [5.41, 5.74) is 3.42. The van der Waals surface area contributed by atoms with Gasteiger partial charge < -0.3 is 4.42 Å². The molecule has 2 aliphatic heterocycles. The van der Waals surface area contributed by atoms with Gasteiger partial charge in [0.15, 0.2) is 5.42 Å². The van der Waals surface area contributed by atoms with E-state index in [2.05, 4.69) is 9.98 Å². The van der Waals surface area contributed by atoms with E-state index in [4.69, 9.17) is 4.42 Å². The third-order valence-electron chi connectivity index (χ3n) is 1.79. The lowest BCUT2D eigenvalue weighted by atomic mass is 10.3. The number of furan rings is 1. The van der Waals surface area contributed by atoms with Gasteiger partial charge in [-0.25, -0.2) is 4.99 Å². The molecule has 3 heteroatoms.